The number of hydrogen-bond acceptors (Lipinski definition) is 6. The third-order valence-corrected chi connectivity index (χ3v) is 9.33. The second-order valence-corrected chi connectivity index (χ2v) is 11.3. The predicted molar refractivity (Wildman–Crippen MR) is 143 cm³/mol. The summed E-state index contributed by atoms with van der Waals surface area (Å²) in [5.41, 5.74) is 1.29. The molecule has 0 saturated carbocycles. The highest BCUT2D eigenvalue weighted by atomic mass is 32.1. The Kier molecular flexibility index (Phi) is 6.82. The van der Waals surface area contributed by atoms with Gasteiger partial charge in [-0.05, 0) is 47.9 Å². The lowest BCUT2D eigenvalue weighted by Crippen LogP contribution is -2.26. The van der Waals surface area contributed by atoms with Crippen LogP contribution in [0.15, 0.2) is 95.7 Å². The SMILES string of the molecule is C[C@@]1(c2cccs2)OC(=O)C[C@H]1c1ccccc1.C[C@]1(c2cccs2)OC(=O)C[C@H]1c1ccccc1. The fourth-order valence-corrected chi connectivity index (χ4v) is 6.99. The Morgan fingerprint density at radius 3 is 1.33 bits per heavy atom. The van der Waals surface area contributed by atoms with Crippen molar-refractivity contribution >= 4 is 34.6 Å². The molecule has 4 atom stereocenters. The van der Waals surface area contributed by atoms with Gasteiger partial charge < -0.3 is 9.47 Å². The number of rotatable bonds is 4. The molecule has 0 spiro atoms. The van der Waals surface area contributed by atoms with Gasteiger partial charge in [0.15, 0.2) is 11.2 Å². The second-order valence-electron chi connectivity index (χ2n) is 9.45. The fraction of sp³-hybridized carbons (Fsp3) is 0.267. The topological polar surface area (TPSA) is 52.6 Å². The molecular formula is C30H28O4S2. The van der Waals surface area contributed by atoms with Gasteiger partial charge in [-0.25, -0.2) is 0 Å². The summed E-state index contributed by atoms with van der Waals surface area (Å²) in [6, 6.07) is 28.4. The Morgan fingerprint density at radius 1 is 0.611 bits per heavy atom. The summed E-state index contributed by atoms with van der Waals surface area (Å²) >= 11 is 3.28. The second kappa shape index (κ2) is 10.0. The molecule has 36 heavy (non-hydrogen) atoms. The maximum Gasteiger partial charge on any atom is 0.307 e. The van der Waals surface area contributed by atoms with Gasteiger partial charge >= 0.3 is 11.9 Å². The predicted octanol–water partition coefficient (Wildman–Crippen LogP) is 7.39. The van der Waals surface area contributed by atoms with Crippen LogP contribution < -0.4 is 0 Å². The van der Waals surface area contributed by atoms with E-state index in [9.17, 15) is 9.59 Å². The van der Waals surface area contributed by atoms with Crippen LogP contribution in [0.4, 0.5) is 0 Å². The molecular weight excluding hydrogens is 488 g/mol. The maximum absolute atomic E-state index is 11.7. The standard InChI is InChI=1S/2C15H14O2S/c2*1-15(13-8-5-9-18-13)12(10-14(16)17-15)11-6-3-2-4-7-11/h2*2-9,12H,10H2,1H3/t12-,15+;12-,15-/m00/s1. The minimum Gasteiger partial charge on any atom is -0.453 e. The highest BCUT2D eigenvalue weighted by molar-refractivity contribution is 7.10. The van der Waals surface area contributed by atoms with Gasteiger partial charge in [0.2, 0.25) is 0 Å². The molecule has 4 aromatic rings. The number of hydrogen-bond donors (Lipinski definition) is 0. The fourth-order valence-electron chi connectivity index (χ4n) is 5.23. The number of carbonyl (C=O) groups is 2. The van der Waals surface area contributed by atoms with E-state index in [2.05, 4.69) is 24.3 Å². The largest absolute Gasteiger partial charge is 0.453 e. The summed E-state index contributed by atoms with van der Waals surface area (Å²) < 4.78 is 11.3. The van der Waals surface area contributed by atoms with Crippen molar-refractivity contribution in [2.24, 2.45) is 0 Å². The van der Waals surface area contributed by atoms with Crippen LogP contribution in [0.25, 0.3) is 0 Å². The molecule has 184 valence electrons. The van der Waals surface area contributed by atoms with Gasteiger partial charge in [-0.1, -0.05) is 72.8 Å². The quantitative estimate of drug-likeness (QED) is 0.265. The first-order valence-corrected chi connectivity index (χ1v) is 13.8. The van der Waals surface area contributed by atoms with Crippen LogP contribution in [0.1, 0.15) is 59.4 Å². The molecule has 6 rings (SSSR count). The minimum atomic E-state index is -0.521. The van der Waals surface area contributed by atoms with Crippen LogP contribution >= 0.6 is 22.7 Å². The minimum absolute atomic E-state index is 0.102. The van der Waals surface area contributed by atoms with Gasteiger partial charge in [0.05, 0.1) is 12.8 Å². The van der Waals surface area contributed by atoms with Crippen LogP contribution in [0, 0.1) is 0 Å². The first kappa shape index (κ1) is 24.5. The van der Waals surface area contributed by atoms with Gasteiger partial charge in [-0.2, -0.15) is 0 Å². The van der Waals surface area contributed by atoms with E-state index in [0.717, 1.165) is 9.75 Å². The Hall–Kier alpha value is -3.22. The molecule has 2 aromatic carbocycles. The van der Waals surface area contributed by atoms with Gasteiger partial charge in [-0.3, -0.25) is 9.59 Å². The monoisotopic (exact) mass is 516 g/mol. The summed E-state index contributed by atoms with van der Waals surface area (Å²) in [4.78, 5) is 25.7. The van der Waals surface area contributed by atoms with E-state index >= 15 is 0 Å². The molecule has 0 radical (unpaired) electrons. The molecule has 2 aliphatic rings. The van der Waals surface area contributed by atoms with Gasteiger partial charge in [-0.15, -0.1) is 22.7 Å². The summed E-state index contributed by atoms with van der Waals surface area (Å²) in [5, 5.41) is 4.05. The number of thiophene rings is 2. The van der Waals surface area contributed by atoms with E-state index in [0.29, 0.717) is 12.8 Å². The van der Waals surface area contributed by atoms with E-state index in [1.54, 1.807) is 22.7 Å². The smallest absolute Gasteiger partial charge is 0.307 e. The number of ether oxygens (including phenoxy) is 2. The van der Waals surface area contributed by atoms with Gasteiger partial charge in [0, 0.05) is 21.6 Å². The zero-order valence-electron chi connectivity index (χ0n) is 20.3. The Labute approximate surface area is 219 Å². The van der Waals surface area contributed by atoms with E-state index in [4.69, 9.17) is 9.47 Å². The zero-order valence-corrected chi connectivity index (χ0v) is 21.9. The van der Waals surface area contributed by atoms with Gasteiger partial charge in [0.1, 0.15) is 0 Å². The highest BCUT2D eigenvalue weighted by Crippen LogP contribution is 2.49. The van der Waals surface area contributed by atoms with Crippen molar-refractivity contribution in [3.63, 3.8) is 0 Å². The summed E-state index contributed by atoms with van der Waals surface area (Å²) in [5.74, 6) is -0.0193. The molecule has 2 aromatic heterocycles. The zero-order chi connectivity index (χ0) is 25.2. The Balaban J connectivity index is 0.000000148. The highest BCUT2D eigenvalue weighted by Gasteiger charge is 2.49. The first-order valence-electron chi connectivity index (χ1n) is 12.0. The van der Waals surface area contributed by atoms with Crippen molar-refractivity contribution in [1.82, 2.24) is 0 Å². The van der Waals surface area contributed by atoms with Crippen molar-refractivity contribution in [3.8, 4) is 0 Å². The van der Waals surface area contributed by atoms with Crippen molar-refractivity contribution in [1.29, 1.82) is 0 Å². The molecule has 0 amide bonds. The lowest BCUT2D eigenvalue weighted by Gasteiger charge is -2.28. The molecule has 2 aliphatic heterocycles. The normalized spacial score (nSPS) is 27.2. The van der Waals surface area contributed by atoms with E-state index in [-0.39, 0.29) is 23.8 Å². The number of carbonyl (C=O) groups excluding carboxylic acids is 2. The molecule has 0 N–H and O–H groups in total. The van der Waals surface area contributed by atoms with Crippen LogP contribution in [0.5, 0.6) is 0 Å². The van der Waals surface area contributed by atoms with Crippen LogP contribution in [-0.2, 0) is 30.3 Å². The van der Waals surface area contributed by atoms with E-state index < -0.39 is 11.2 Å². The third kappa shape index (κ3) is 4.63. The van der Waals surface area contributed by atoms with Crippen molar-refractivity contribution < 1.29 is 19.1 Å². The molecule has 2 fully saturated rings. The number of esters is 2. The van der Waals surface area contributed by atoms with Crippen molar-refractivity contribution in [3.05, 3.63) is 117 Å². The van der Waals surface area contributed by atoms with Crippen molar-refractivity contribution in [2.45, 2.75) is 49.7 Å². The Morgan fingerprint density at radius 2 is 1.00 bits per heavy atom. The van der Waals surface area contributed by atoms with E-state index in [1.165, 1.54) is 11.1 Å². The van der Waals surface area contributed by atoms with E-state index in [1.807, 2.05) is 85.3 Å². The van der Waals surface area contributed by atoms with Crippen LogP contribution in [-0.4, -0.2) is 11.9 Å². The van der Waals surface area contributed by atoms with Gasteiger partial charge in [0.25, 0.3) is 0 Å². The lowest BCUT2D eigenvalue weighted by molar-refractivity contribution is -0.149. The number of benzene rings is 2. The summed E-state index contributed by atoms with van der Waals surface area (Å²) in [7, 11) is 0. The maximum atomic E-state index is 11.7. The molecule has 6 heteroatoms. The third-order valence-electron chi connectivity index (χ3n) is 7.15. The molecule has 0 unspecified atom stereocenters. The van der Waals surface area contributed by atoms with Crippen LogP contribution in [0.2, 0.25) is 0 Å². The van der Waals surface area contributed by atoms with Crippen molar-refractivity contribution in [2.75, 3.05) is 0 Å². The Bertz CT molecular complexity index is 1200. The molecule has 4 heterocycles. The molecule has 0 bridgehead atoms. The molecule has 2 saturated heterocycles. The van der Waals surface area contributed by atoms with Crippen LogP contribution in [0.3, 0.4) is 0 Å². The average Bonchev–Trinajstić information content (AvgIpc) is 3.69. The first-order chi connectivity index (χ1) is 17.4. The lowest BCUT2D eigenvalue weighted by atomic mass is 9.82. The molecule has 4 nitrogen and oxygen atoms in total. The summed E-state index contributed by atoms with van der Waals surface area (Å²) in [6.07, 6.45) is 0.914. The molecule has 0 aliphatic carbocycles. The average molecular weight is 517 g/mol. The number of cyclic esters (lactones) is 2. The summed E-state index contributed by atoms with van der Waals surface area (Å²) in [6.45, 7) is 4.03.